The van der Waals surface area contributed by atoms with E-state index in [1.54, 1.807) is 23.5 Å². The first-order chi connectivity index (χ1) is 18.4. The van der Waals surface area contributed by atoms with Crippen LogP contribution in [0.4, 0.5) is 0 Å². The van der Waals surface area contributed by atoms with E-state index < -0.39 is 11.8 Å². The van der Waals surface area contributed by atoms with Crippen molar-refractivity contribution in [3.63, 3.8) is 0 Å². The molecule has 0 amide bonds. The van der Waals surface area contributed by atoms with Crippen molar-refractivity contribution in [2.75, 3.05) is 11.5 Å². The predicted octanol–water partition coefficient (Wildman–Crippen LogP) is 8.35. The van der Waals surface area contributed by atoms with Gasteiger partial charge in [-0.15, -0.1) is 23.5 Å². The number of benzene rings is 3. The lowest BCUT2D eigenvalue weighted by Crippen LogP contribution is -2.25. The second-order valence-corrected chi connectivity index (χ2v) is 13.1. The fourth-order valence-electron chi connectivity index (χ4n) is 5.56. The molecule has 192 valence electrons. The molecule has 3 aromatic carbocycles. The summed E-state index contributed by atoms with van der Waals surface area (Å²) >= 11 is 22.9. The maximum atomic E-state index is 14.5. The van der Waals surface area contributed by atoms with Crippen molar-refractivity contribution in [3.8, 4) is 0 Å². The van der Waals surface area contributed by atoms with Crippen LogP contribution in [0.3, 0.4) is 0 Å². The van der Waals surface area contributed by atoms with E-state index in [9.17, 15) is 9.59 Å². The van der Waals surface area contributed by atoms with Crippen LogP contribution in [0.2, 0.25) is 15.1 Å². The topological polar surface area (TPSA) is 46.2 Å². The molecule has 2 aliphatic heterocycles. The largest absolute Gasteiger partial charge is 0.380 e. The maximum Gasteiger partial charge on any atom is 0.196 e. The Morgan fingerprint density at radius 3 is 2.00 bits per heavy atom. The normalized spacial score (nSPS) is 23.5. The van der Waals surface area contributed by atoms with E-state index in [2.05, 4.69) is 5.32 Å². The zero-order chi connectivity index (χ0) is 26.4. The Labute approximate surface area is 245 Å². The van der Waals surface area contributed by atoms with Gasteiger partial charge in [0.15, 0.2) is 11.6 Å². The van der Waals surface area contributed by atoms with Crippen LogP contribution >= 0.6 is 58.3 Å². The molecule has 8 heteroatoms. The van der Waals surface area contributed by atoms with Crippen LogP contribution in [0.5, 0.6) is 0 Å². The van der Waals surface area contributed by atoms with Crippen molar-refractivity contribution < 1.29 is 9.59 Å². The summed E-state index contributed by atoms with van der Waals surface area (Å²) in [6, 6.07) is 22.5. The fraction of sp³-hybridized carbons (Fsp3) is 0.200. The Bertz CT molecular complexity index is 1510. The molecule has 3 nitrogen and oxygen atoms in total. The molecule has 1 fully saturated rings. The number of thioether (sulfide) groups is 2. The summed E-state index contributed by atoms with van der Waals surface area (Å²) in [5.74, 6) is 0.592. The quantitative estimate of drug-likeness (QED) is 0.243. The summed E-state index contributed by atoms with van der Waals surface area (Å²) in [4.78, 5) is 28.3. The molecule has 0 spiro atoms. The summed E-state index contributed by atoms with van der Waals surface area (Å²) in [5, 5.41) is 5.46. The Morgan fingerprint density at radius 1 is 0.763 bits per heavy atom. The van der Waals surface area contributed by atoms with Gasteiger partial charge in [-0.3, -0.25) is 9.59 Å². The van der Waals surface area contributed by atoms with E-state index in [1.165, 1.54) is 0 Å². The minimum absolute atomic E-state index is 0.144. The molecule has 0 radical (unpaired) electrons. The van der Waals surface area contributed by atoms with Gasteiger partial charge in [0, 0.05) is 56.1 Å². The van der Waals surface area contributed by atoms with E-state index in [0.29, 0.717) is 26.2 Å². The van der Waals surface area contributed by atoms with Gasteiger partial charge in [0.2, 0.25) is 0 Å². The standard InChI is InChI=1S/C30H22Cl3NO2S2/c31-17-11-9-16(10-12-17)27-24(19-6-2-4-8-22(19)33)26-28(34-27)20(18-5-1-3-7-21(18)32)15-23(35)25(29(26)36)30-37-13-14-38-30/h1-12,20,24,27,34H,13-15H2/t20-,24+,27-/m1/s1. The molecule has 0 unspecified atom stereocenters. The number of carbonyl (C=O) groups is 2. The minimum Gasteiger partial charge on any atom is -0.380 e. The van der Waals surface area contributed by atoms with Gasteiger partial charge in [0.05, 0.1) is 15.9 Å². The van der Waals surface area contributed by atoms with E-state index in [0.717, 1.165) is 38.1 Å². The van der Waals surface area contributed by atoms with Crippen LogP contribution in [-0.2, 0) is 9.59 Å². The molecule has 3 aromatic rings. The van der Waals surface area contributed by atoms with Crippen LogP contribution < -0.4 is 5.32 Å². The van der Waals surface area contributed by atoms with Gasteiger partial charge >= 0.3 is 0 Å². The summed E-state index contributed by atoms with van der Waals surface area (Å²) < 4.78 is 0.819. The third-order valence-electron chi connectivity index (χ3n) is 7.24. The molecule has 2 heterocycles. The van der Waals surface area contributed by atoms with Crippen molar-refractivity contribution >= 4 is 69.9 Å². The third kappa shape index (κ3) is 4.63. The number of ketones is 2. The van der Waals surface area contributed by atoms with Gasteiger partial charge in [0.25, 0.3) is 0 Å². The zero-order valence-electron chi connectivity index (χ0n) is 20.0. The van der Waals surface area contributed by atoms with Crippen LogP contribution in [0.1, 0.15) is 41.0 Å². The molecule has 1 aliphatic carbocycles. The van der Waals surface area contributed by atoms with E-state index >= 15 is 0 Å². The number of Topliss-reactive ketones (excluding diaryl/α,β-unsaturated/α-hetero) is 2. The highest BCUT2D eigenvalue weighted by Crippen LogP contribution is 2.53. The lowest BCUT2D eigenvalue weighted by Gasteiger charge is -2.26. The van der Waals surface area contributed by atoms with Crippen molar-refractivity contribution in [2.45, 2.75) is 24.3 Å². The first-order valence-electron chi connectivity index (χ1n) is 12.3. The van der Waals surface area contributed by atoms with Gasteiger partial charge in [-0.05, 0) is 41.0 Å². The molecule has 0 saturated carbocycles. The van der Waals surface area contributed by atoms with Crippen LogP contribution in [0, 0.1) is 0 Å². The average Bonchev–Trinajstić information content (AvgIpc) is 3.55. The first kappa shape index (κ1) is 26.1. The first-order valence-corrected chi connectivity index (χ1v) is 15.4. The molecule has 6 rings (SSSR count). The van der Waals surface area contributed by atoms with Crippen LogP contribution in [0.15, 0.2) is 93.9 Å². The van der Waals surface area contributed by atoms with E-state index in [-0.39, 0.29) is 24.0 Å². The molecule has 1 saturated heterocycles. The Balaban J connectivity index is 1.61. The molecule has 3 aliphatic rings. The maximum absolute atomic E-state index is 14.5. The fourth-order valence-corrected chi connectivity index (χ4v) is 8.78. The number of carbonyl (C=O) groups excluding carboxylic acids is 2. The number of nitrogens with one attached hydrogen (secondary N) is 1. The van der Waals surface area contributed by atoms with Crippen molar-refractivity contribution in [1.29, 1.82) is 0 Å². The van der Waals surface area contributed by atoms with E-state index in [1.807, 2.05) is 72.8 Å². The molecule has 0 bridgehead atoms. The lowest BCUT2D eigenvalue weighted by molar-refractivity contribution is -0.119. The summed E-state index contributed by atoms with van der Waals surface area (Å²) in [5.41, 5.74) is 4.26. The molecule has 38 heavy (non-hydrogen) atoms. The second kappa shape index (κ2) is 10.8. The molecule has 0 aromatic heterocycles. The van der Waals surface area contributed by atoms with Gasteiger partial charge in [-0.25, -0.2) is 0 Å². The highest BCUT2D eigenvalue weighted by molar-refractivity contribution is 8.25. The van der Waals surface area contributed by atoms with Crippen molar-refractivity contribution in [3.05, 3.63) is 126 Å². The molecule has 1 N–H and O–H groups in total. The van der Waals surface area contributed by atoms with Crippen molar-refractivity contribution in [2.24, 2.45) is 0 Å². The average molecular weight is 599 g/mol. The van der Waals surface area contributed by atoms with Crippen molar-refractivity contribution in [1.82, 2.24) is 5.32 Å². The predicted molar refractivity (Wildman–Crippen MR) is 159 cm³/mol. The Kier molecular flexibility index (Phi) is 7.41. The highest BCUT2D eigenvalue weighted by atomic mass is 35.5. The monoisotopic (exact) mass is 597 g/mol. The minimum atomic E-state index is -0.407. The van der Waals surface area contributed by atoms with Crippen LogP contribution in [0.25, 0.3) is 0 Å². The molecular weight excluding hydrogens is 577 g/mol. The second-order valence-electron chi connectivity index (χ2n) is 9.39. The smallest absolute Gasteiger partial charge is 0.196 e. The highest BCUT2D eigenvalue weighted by Gasteiger charge is 2.48. The Hall–Kier alpha value is -2.15. The molecule has 3 atom stereocenters. The Morgan fingerprint density at radius 2 is 1.37 bits per heavy atom. The van der Waals surface area contributed by atoms with Gasteiger partial charge < -0.3 is 5.32 Å². The van der Waals surface area contributed by atoms with E-state index in [4.69, 9.17) is 34.8 Å². The lowest BCUT2D eigenvalue weighted by atomic mass is 9.81. The SMILES string of the molecule is O=C1C[C@H](c2ccccc2Cl)C2=C(C(=O)C1=C1SCCS1)[C@H](c1ccccc1Cl)[C@@H](c1ccc(Cl)cc1)N2. The number of hydrogen-bond acceptors (Lipinski definition) is 5. The number of rotatable bonds is 3. The summed E-state index contributed by atoms with van der Waals surface area (Å²) in [6.07, 6.45) is 0.157. The number of hydrogen-bond donors (Lipinski definition) is 1. The molecular formula is C30H22Cl3NO2S2. The van der Waals surface area contributed by atoms with Gasteiger partial charge in [-0.1, -0.05) is 83.3 Å². The summed E-state index contributed by atoms with van der Waals surface area (Å²) in [6.45, 7) is 0. The zero-order valence-corrected chi connectivity index (χ0v) is 23.9. The van der Waals surface area contributed by atoms with Crippen LogP contribution in [-0.4, -0.2) is 23.1 Å². The number of halogens is 3. The summed E-state index contributed by atoms with van der Waals surface area (Å²) in [7, 11) is 0. The third-order valence-corrected chi connectivity index (χ3v) is 10.9. The number of allylic oxidation sites excluding steroid dienone is 2. The van der Waals surface area contributed by atoms with Gasteiger partial charge in [0.1, 0.15) is 0 Å². The van der Waals surface area contributed by atoms with Gasteiger partial charge in [-0.2, -0.15) is 0 Å².